The number of pyridine rings is 1. The molecule has 1 aliphatic rings. The van der Waals surface area contributed by atoms with E-state index < -0.39 is 0 Å². The fourth-order valence-corrected chi connectivity index (χ4v) is 2.99. The maximum Gasteiger partial charge on any atom is 0.0303 e. The van der Waals surface area contributed by atoms with Crippen LogP contribution in [0.5, 0.6) is 0 Å². The Morgan fingerprint density at radius 2 is 2.06 bits per heavy atom. The van der Waals surface area contributed by atoms with Crippen molar-refractivity contribution in [3.05, 3.63) is 29.6 Å². The van der Waals surface area contributed by atoms with Crippen molar-refractivity contribution in [1.82, 2.24) is 10.3 Å². The van der Waals surface area contributed by atoms with Gasteiger partial charge < -0.3 is 5.32 Å². The first-order valence-electron chi connectivity index (χ1n) is 6.96. The third-order valence-corrected chi connectivity index (χ3v) is 3.81. The van der Waals surface area contributed by atoms with E-state index in [2.05, 4.69) is 36.4 Å². The van der Waals surface area contributed by atoms with Gasteiger partial charge in [0.05, 0.1) is 0 Å². The fourth-order valence-electron chi connectivity index (χ4n) is 2.99. The molecule has 0 spiro atoms. The van der Waals surface area contributed by atoms with E-state index in [0.29, 0.717) is 12.0 Å². The third-order valence-electron chi connectivity index (χ3n) is 3.81. The van der Waals surface area contributed by atoms with Gasteiger partial charge in [-0.2, -0.15) is 0 Å². The SMILES string of the molecule is CCNC1CCCCCC1c1cncc(C)c1. The van der Waals surface area contributed by atoms with Crippen molar-refractivity contribution in [2.24, 2.45) is 0 Å². The topological polar surface area (TPSA) is 24.9 Å². The van der Waals surface area contributed by atoms with Crippen LogP contribution in [-0.4, -0.2) is 17.6 Å². The molecule has 94 valence electrons. The van der Waals surface area contributed by atoms with E-state index in [1.165, 1.54) is 43.2 Å². The van der Waals surface area contributed by atoms with Crippen LogP contribution in [0.15, 0.2) is 18.5 Å². The van der Waals surface area contributed by atoms with Crippen molar-refractivity contribution < 1.29 is 0 Å². The van der Waals surface area contributed by atoms with Crippen LogP contribution in [0.25, 0.3) is 0 Å². The van der Waals surface area contributed by atoms with Gasteiger partial charge in [0.1, 0.15) is 0 Å². The molecule has 1 aromatic rings. The minimum absolute atomic E-state index is 0.645. The first-order chi connectivity index (χ1) is 8.31. The molecule has 2 heteroatoms. The lowest BCUT2D eigenvalue weighted by atomic mass is 9.88. The average molecular weight is 232 g/mol. The molecule has 2 atom stereocenters. The van der Waals surface area contributed by atoms with Crippen molar-refractivity contribution in [2.45, 2.75) is 57.9 Å². The molecular formula is C15H24N2. The van der Waals surface area contributed by atoms with Crippen molar-refractivity contribution in [2.75, 3.05) is 6.54 Å². The van der Waals surface area contributed by atoms with Gasteiger partial charge >= 0.3 is 0 Å². The molecule has 1 heterocycles. The molecule has 0 amide bonds. The Hall–Kier alpha value is -0.890. The van der Waals surface area contributed by atoms with Gasteiger partial charge in [-0.3, -0.25) is 4.98 Å². The standard InChI is InChI=1S/C15H24N2/c1-3-17-15-8-6-4-5-7-14(15)13-9-12(2)10-16-11-13/h9-11,14-15,17H,3-8H2,1-2H3. The summed E-state index contributed by atoms with van der Waals surface area (Å²) in [4.78, 5) is 4.36. The second-order valence-corrected chi connectivity index (χ2v) is 5.20. The molecule has 2 unspecified atom stereocenters. The summed E-state index contributed by atoms with van der Waals surface area (Å²) in [6, 6.07) is 2.96. The van der Waals surface area contributed by atoms with Gasteiger partial charge in [0.2, 0.25) is 0 Å². The van der Waals surface area contributed by atoms with E-state index in [9.17, 15) is 0 Å². The van der Waals surface area contributed by atoms with E-state index in [-0.39, 0.29) is 0 Å². The Morgan fingerprint density at radius 1 is 1.24 bits per heavy atom. The van der Waals surface area contributed by atoms with Gasteiger partial charge in [-0.05, 0) is 37.4 Å². The van der Waals surface area contributed by atoms with Crippen LogP contribution in [0.3, 0.4) is 0 Å². The number of aromatic nitrogens is 1. The number of nitrogens with zero attached hydrogens (tertiary/aromatic N) is 1. The molecule has 1 N–H and O–H groups in total. The van der Waals surface area contributed by atoms with E-state index in [1.807, 2.05) is 6.20 Å². The maximum atomic E-state index is 4.36. The summed E-state index contributed by atoms with van der Waals surface area (Å²) in [5.41, 5.74) is 2.71. The minimum Gasteiger partial charge on any atom is -0.314 e. The maximum absolute atomic E-state index is 4.36. The van der Waals surface area contributed by atoms with Crippen LogP contribution in [0.4, 0.5) is 0 Å². The highest BCUT2D eigenvalue weighted by Gasteiger charge is 2.24. The lowest BCUT2D eigenvalue weighted by molar-refractivity contribution is 0.418. The molecule has 1 saturated carbocycles. The number of aryl methyl sites for hydroxylation is 1. The van der Waals surface area contributed by atoms with Gasteiger partial charge in [0.25, 0.3) is 0 Å². The molecule has 0 saturated heterocycles. The Labute approximate surface area is 105 Å². The summed E-state index contributed by atoms with van der Waals surface area (Å²) in [6.45, 7) is 5.41. The molecule has 0 aromatic carbocycles. The van der Waals surface area contributed by atoms with Crippen molar-refractivity contribution in [1.29, 1.82) is 0 Å². The number of hydrogen-bond donors (Lipinski definition) is 1. The normalized spacial score (nSPS) is 25.5. The summed E-state index contributed by atoms with van der Waals surface area (Å²) in [5.74, 6) is 0.657. The summed E-state index contributed by atoms with van der Waals surface area (Å²) < 4.78 is 0. The Kier molecular flexibility index (Phi) is 4.55. The highest BCUT2D eigenvalue weighted by atomic mass is 14.9. The van der Waals surface area contributed by atoms with Gasteiger partial charge in [-0.25, -0.2) is 0 Å². The zero-order valence-corrected chi connectivity index (χ0v) is 11.1. The number of hydrogen-bond acceptors (Lipinski definition) is 2. The van der Waals surface area contributed by atoms with Gasteiger partial charge in [0, 0.05) is 24.4 Å². The molecule has 2 rings (SSSR count). The van der Waals surface area contributed by atoms with Crippen LogP contribution in [0.2, 0.25) is 0 Å². The van der Waals surface area contributed by atoms with Crippen molar-refractivity contribution in [3.8, 4) is 0 Å². The predicted octanol–water partition coefficient (Wildman–Crippen LogP) is 3.42. The molecule has 1 aromatic heterocycles. The van der Waals surface area contributed by atoms with Crippen LogP contribution in [0.1, 0.15) is 56.1 Å². The molecule has 17 heavy (non-hydrogen) atoms. The minimum atomic E-state index is 0.645. The fraction of sp³-hybridized carbons (Fsp3) is 0.667. The Balaban J connectivity index is 2.19. The molecule has 0 aliphatic heterocycles. The second-order valence-electron chi connectivity index (χ2n) is 5.20. The summed E-state index contributed by atoms with van der Waals surface area (Å²) in [6.07, 6.45) is 10.7. The lowest BCUT2D eigenvalue weighted by Crippen LogP contribution is -2.34. The van der Waals surface area contributed by atoms with Gasteiger partial charge in [-0.1, -0.05) is 32.3 Å². The van der Waals surface area contributed by atoms with Crippen LogP contribution < -0.4 is 5.32 Å². The predicted molar refractivity (Wildman–Crippen MR) is 72.3 cm³/mol. The third kappa shape index (κ3) is 3.29. The molecule has 1 fully saturated rings. The zero-order valence-electron chi connectivity index (χ0n) is 11.1. The van der Waals surface area contributed by atoms with Gasteiger partial charge in [0.15, 0.2) is 0 Å². The van der Waals surface area contributed by atoms with Crippen molar-refractivity contribution in [3.63, 3.8) is 0 Å². The quantitative estimate of drug-likeness (QED) is 0.808. The number of rotatable bonds is 3. The van der Waals surface area contributed by atoms with Crippen LogP contribution >= 0.6 is 0 Å². The highest BCUT2D eigenvalue weighted by Crippen LogP contribution is 2.31. The van der Waals surface area contributed by atoms with E-state index >= 15 is 0 Å². The summed E-state index contributed by atoms with van der Waals surface area (Å²) in [5, 5.41) is 3.66. The zero-order chi connectivity index (χ0) is 12.1. The lowest BCUT2D eigenvalue weighted by Gasteiger charge is -2.26. The molecular weight excluding hydrogens is 208 g/mol. The largest absolute Gasteiger partial charge is 0.314 e. The molecule has 0 radical (unpaired) electrons. The smallest absolute Gasteiger partial charge is 0.0303 e. The van der Waals surface area contributed by atoms with Crippen molar-refractivity contribution >= 4 is 0 Å². The first kappa shape index (κ1) is 12.6. The van der Waals surface area contributed by atoms with Crippen LogP contribution in [0, 0.1) is 6.92 Å². The monoisotopic (exact) mass is 232 g/mol. The number of nitrogens with one attached hydrogen (secondary N) is 1. The van der Waals surface area contributed by atoms with E-state index in [0.717, 1.165) is 6.54 Å². The van der Waals surface area contributed by atoms with E-state index in [1.54, 1.807) is 0 Å². The molecule has 1 aliphatic carbocycles. The molecule has 0 bridgehead atoms. The van der Waals surface area contributed by atoms with Gasteiger partial charge in [-0.15, -0.1) is 0 Å². The highest BCUT2D eigenvalue weighted by molar-refractivity contribution is 5.22. The van der Waals surface area contributed by atoms with Crippen LogP contribution in [-0.2, 0) is 0 Å². The average Bonchev–Trinajstić information content (AvgIpc) is 2.55. The molecule has 2 nitrogen and oxygen atoms in total. The Bertz CT molecular complexity index is 349. The summed E-state index contributed by atoms with van der Waals surface area (Å²) in [7, 11) is 0. The Morgan fingerprint density at radius 3 is 2.82 bits per heavy atom. The number of likely N-dealkylation sites (N-methyl/N-ethyl adjacent to an activating group) is 1. The summed E-state index contributed by atoms with van der Waals surface area (Å²) >= 11 is 0. The van der Waals surface area contributed by atoms with E-state index in [4.69, 9.17) is 0 Å². The first-order valence-corrected chi connectivity index (χ1v) is 6.96. The second kappa shape index (κ2) is 6.15.